The van der Waals surface area contributed by atoms with Crippen molar-refractivity contribution in [1.82, 2.24) is 89.9 Å². The number of aromatic nitrogens is 12. The number of hydrogen-bond acceptors (Lipinski definition) is 19. The monoisotopic (exact) mass is 1660 g/mol. The maximum absolute atomic E-state index is 15.2. The van der Waals surface area contributed by atoms with Gasteiger partial charge in [0.25, 0.3) is 17.7 Å². The number of carbonyl (C=O) groups is 6. The van der Waals surface area contributed by atoms with Gasteiger partial charge in [-0.2, -0.15) is 28.5 Å². The second kappa shape index (κ2) is 36.7. The Bertz CT molecular complexity index is 6000. The van der Waals surface area contributed by atoms with Gasteiger partial charge in [-0.3, -0.25) is 28.8 Å². The first-order chi connectivity index (χ1) is 58.1. The van der Waals surface area contributed by atoms with Crippen LogP contribution < -0.4 is 37.9 Å². The Morgan fingerprint density at radius 2 is 0.917 bits per heavy atom. The average molecular weight is 1660 g/mol. The number of nitrogens with one attached hydrogen (secondary N) is 3. The average Bonchev–Trinajstić information content (AvgIpc) is 1.62. The molecule has 3 aliphatic heterocycles. The van der Waals surface area contributed by atoms with Gasteiger partial charge in [0.1, 0.15) is 93.9 Å². The predicted molar refractivity (Wildman–Crippen MR) is 434 cm³/mol. The second-order valence-corrected chi connectivity index (χ2v) is 28.7. The number of ether oxygens (including phenoxy) is 1. The smallest absolute Gasteiger partial charge is 0.419 e. The van der Waals surface area contributed by atoms with Gasteiger partial charge in [-0.05, 0) is 142 Å². The van der Waals surface area contributed by atoms with Crippen LogP contribution in [0.25, 0.3) is 66.9 Å². The van der Waals surface area contributed by atoms with Gasteiger partial charge in [-0.1, -0.05) is 74.3 Å². The first-order valence-electron chi connectivity index (χ1n) is 38.4. The zero-order valence-corrected chi connectivity index (χ0v) is 65.4. The summed E-state index contributed by atoms with van der Waals surface area (Å²) in [4.78, 5) is 105. The molecule has 12 aromatic rings. The Labute approximate surface area is 686 Å². The Morgan fingerprint density at radius 3 is 1.33 bits per heavy atom. The summed E-state index contributed by atoms with van der Waals surface area (Å²) in [6.07, 6.45) is 7.93. The second-order valence-electron chi connectivity index (χ2n) is 28.7. The summed E-state index contributed by atoms with van der Waals surface area (Å²) < 4.78 is 122. The van der Waals surface area contributed by atoms with Crippen LogP contribution in [0, 0.1) is 36.0 Å². The van der Waals surface area contributed by atoms with Crippen molar-refractivity contribution in [2.45, 2.75) is 96.3 Å². The fraction of sp³-hybridized carbons (Fsp3) is 0.259. The van der Waals surface area contributed by atoms with Crippen LogP contribution in [0.15, 0.2) is 172 Å². The third kappa shape index (κ3) is 18.5. The van der Waals surface area contributed by atoms with Gasteiger partial charge in [0.05, 0.1) is 46.5 Å². The van der Waals surface area contributed by atoms with E-state index in [0.29, 0.717) is 112 Å². The lowest BCUT2D eigenvalue weighted by atomic mass is 10.1. The van der Waals surface area contributed by atoms with Crippen molar-refractivity contribution in [3.05, 3.63) is 246 Å². The summed E-state index contributed by atoms with van der Waals surface area (Å²) in [6.45, 7) is 16.9. The van der Waals surface area contributed by atoms with Crippen molar-refractivity contribution in [2.24, 2.45) is 0 Å². The number of alkyl halides is 3. The third-order valence-electron chi connectivity index (χ3n) is 20.9. The minimum Gasteiger partial charge on any atom is -0.493 e. The van der Waals surface area contributed by atoms with Crippen LogP contribution in [0.2, 0.25) is 0 Å². The zero-order valence-electron chi connectivity index (χ0n) is 65.4. The van der Waals surface area contributed by atoms with E-state index in [1.54, 1.807) is 72.9 Å². The van der Waals surface area contributed by atoms with E-state index in [-0.39, 0.29) is 102 Å². The van der Waals surface area contributed by atoms with E-state index < -0.39 is 64.1 Å². The fourth-order valence-electron chi connectivity index (χ4n) is 14.9. The van der Waals surface area contributed by atoms with Crippen LogP contribution in [0.4, 0.5) is 52.6 Å². The molecule has 0 unspecified atom stereocenters. The van der Waals surface area contributed by atoms with Gasteiger partial charge in [-0.25, -0.2) is 65.9 Å². The number of fused-ring (bicyclic) bond motifs is 3. The topological polar surface area (TPSA) is 366 Å². The van der Waals surface area contributed by atoms with Crippen molar-refractivity contribution in [3.8, 4) is 39.5 Å². The first kappa shape index (κ1) is 84.6. The number of aryl methyl sites for hydroxylation is 1. The number of halogens is 8. The molecule has 121 heavy (non-hydrogen) atoms. The Balaban J connectivity index is 0.000000157. The van der Waals surface area contributed by atoms with Crippen molar-refractivity contribution < 1.29 is 68.6 Å². The molecule has 3 atom stereocenters. The predicted octanol–water partition coefficient (Wildman–Crippen LogP) is 12.5. The highest BCUT2D eigenvalue weighted by Crippen LogP contribution is 2.41. The van der Waals surface area contributed by atoms with Crippen LogP contribution in [-0.4, -0.2) is 155 Å². The van der Waals surface area contributed by atoms with E-state index in [1.165, 1.54) is 79.7 Å². The molecule has 15 rings (SSSR count). The molecule has 0 bridgehead atoms. The largest absolute Gasteiger partial charge is 0.493 e. The number of nitrogens with zero attached hydrogens (tertiary/aromatic N) is 15. The van der Waals surface area contributed by atoms with Crippen molar-refractivity contribution >= 4 is 86.0 Å². The summed E-state index contributed by atoms with van der Waals surface area (Å²) >= 11 is 0. The zero-order chi connectivity index (χ0) is 86.1. The lowest BCUT2D eigenvalue weighted by molar-refractivity contribution is -0.139. The van der Waals surface area contributed by atoms with Crippen molar-refractivity contribution in [1.29, 1.82) is 0 Å². The van der Waals surface area contributed by atoms with E-state index in [9.17, 15) is 55.1 Å². The molecule has 9 heterocycles. The van der Waals surface area contributed by atoms with E-state index >= 15 is 8.78 Å². The van der Waals surface area contributed by atoms with Gasteiger partial charge < -0.3 is 52.6 Å². The standard InChI is InChI=1S/C30H30F3N7O3.C28H27F2N7O2.C27H24F3N7O2/c1-3-24(41)39-13-5-6-21(16-39)40-28-25(27(34)36-17-37-28)26(38-40)19-9-7-18(8-10-19)15-35-29(42)20-11-12-23(43-4-2)22(14-20)30(31,32)33;1-3-23(38)36-10-4-5-20(14-36)37-27-24(26(31)33-15-34-27)25(35-37)17-6-7-18(22(30)12-17)13-32-28(39)21-9-8-19(29)11-16(21)2;1-2-21(38)36-10-4-5-17(13-36)37-26-23(25(31)33-14-34-26)24(35-37)15-8-9-16(20(30)11-15)12-32-27(39)22-18(28)6-3-7-19(22)29/h3,7-12,14,17,21H,1,4-6,13,15-16H2,2H3,(H,35,42)(H2,34,36,37);3,6-9,11-12,15,20H,1,4-5,10,13-14H2,2H3,(H,32,39)(H2,31,33,34);2-3,6-9,11,14,17H,1,4-5,10,12-13H2,(H,32,39)(H2,31,33,34)/t21-;20-;17-/m111/s1. The van der Waals surface area contributed by atoms with Gasteiger partial charge >= 0.3 is 6.18 Å². The van der Waals surface area contributed by atoms with Crippen molar-refractivity contribution in [2.75, 3.05) is 63.1 Å². The van der Waals surface area contributed by atoms with Crippen LogP contribution in [-0.2, 0) is 40.2 Å². The first-order valence-corrected chi connectivity index (χ1v) is 38.4. The molecular formula is C85H81F8N21O7. The normalized spacial score (nSPS) is 15.4. The number of likely N-dealkylation sites (tertiary alicyclic amines) is 3. The van der Waals surface area contributed by atoms with Gasteiger partial charge in [0, 0.05) is 97.8 Å². The molecule has 6 amide bonds. The fourth-order valence-corrected chi connectivity index (χ4v) is 14.9. The highest BCUT2D eigenvalue weighted by molar-refractivity contribution is 6.02. The van der Waals surface area contributed by atoms with E-state index in [2.05, 4.69) is 65.6 Å². The van der Waals surface area contributed by atoms with Gasteiger partial charge in [-0.15, -0.1) is 0 Å². The quantitative estimate of drug-likeness (QED) is 0.0305. The summed E-state index contributed by atoms with van der Waals surface area (Å²) in [5.41, 5.74) is 23.1. The molecule has 0 aliphatic carbocycles. The molecule has 9 N–H and O–H groups in total. The molecule has 36 heteroatoms. The minimum atomic E-state index is -4.67. The van der Waals surface area contributed by atoms with Crippen LogP contribution in [0.5, 0.6) is 5.75 Å². The SMILES string of the molecule is C=CC(=O)N1CCC[C@@H](n2nc(-c3ccc(CNC(=O)c4c(F)cccc4F)c(F)c3)c3c(N)ncnc32)C1.C=CC(=O)N1CCC[C@@H](n2nc(-c3ccc(CNC(=O)c4ccc(F)cc4C)c(F)c3)c3c(N)ncnc32)C1.C=CC(=O)N1CCC[C@@H](n2nc(-c3ccc(CNC(=O)c4ccc(OCC)c(C(F)(F)F)c4)cc3)c3c(N)ncnc32)C1. The highest BCUT2D eigenvalue weighted by Gasteiger charge is 2.37. The molecule has 3 saturated heterocycles. The molecule has 0 radical (unpaired) electrons. The molecule has 3 fully saturated rings. The summed E-state index contributed by atoms with van der Waals surface area (Å²) in [5.74, 6) is -5.88. The number of rotatable bonds is 20. The number of carbonyl (C=O) groups excluding carboxylic acids is 6. The minimum absolute atomic E-state index is 0.0581. The maximum atomic E-state index is 15.2. The number of nitrogen functional groups attached to an aromatic ring is 3. The third-order valence-corrected chi connectivity index (χ3v) is 20.9. The number of hydrogen-bond donors (Lipinski definition) is 6. The van der Waals surface area contributed by atoms with E-state index in [4.69, 9.17) is 37.2 Å². The molecule has 3 aliphatic rings. The van der Waals surface area contributed by atoms with E-state index in [1.807, 2.05) is 12.1 Å². The van der Waals surface area contributed by atoms with Gasteiger partial charge in [0.2, 0.25) is 17.7 Å². The number of nitrogens with two attached hydrogens (primary N) is 3. The molecule has 28 nitrogen and oxygen atoms in total. The van der Waals surface area contributed by atoms with Gasteiger partial charge in [0.15, 0.2) is 16.9 Å². The number of benzene rings is 6. The van der Waals surface area contributed by atoms with Crippen molar-refractivity contribution in [3.63, 3.8) is 0 Å². The maximum Gasteiger partial charge on any atom is 0.419 e. The molecule has 624 valence electrons. The molecule has 6 aromatic heterocycles. The lowest BCUT2D eigenvalue weighted by Crippen LogP contribution is -2.40. The molecule has 0 saturated carbocycles. The summed E-state index contributed by atoms with van der Waals surface area (Å²) in [6, 6.07) is 25.8. The summed E-state index contributed by atoms with van der Waals surface area (Å²) in [7, 11) is 0. The Hall–Kier alpha value is -14.4. The summed E-state index contributed by atoms with van der Waals surface area (Å²) in [5, 5.41) is 23.6. The number of piperidine rings is 3. The molecule has 0 spiro atoms. The molecular weight excluding hydrogens is 1580 g/mol. The van der Waals surface area contributed by atoms with Crippen LogP contribution >= 0.6 is 0 Å². The lowest BCUT2D eigenvalue weighted by Gasteiger charge is -2.32. The van der Waals surface area contributed by atoms with Crippen LogP contribution in [0.3, 0.4) is 0 Å². The highest BCUT2D eigenvalue weighted by atomic mass is 19.4. The molecule has 6 aromatic carbocycles. The Kier molecular flexibility index (Phi) is 25.6. The van der Waals surface area contributed by atoms with Crippen LogP contribution in [0.1, 0.15) is 122 Å². The Morgan fingerprint density at radius 1 is 0.496 bits per heavy atom. The number of amides is 6. The van der Waals surface area contributed by atoms with E-state index in [0.717, 1.165) is 80.0 Å². The number of anilines is 3.